The molecular formula is C17H16N2OS. The molecule has 1 atom stereocenters. The Morgan fingerprint density at radius 1 is 1.33 bits per heavy atom. The molecule has 1 heterocycles. The van der Waals surface area contributed by atoms with E-state index in [0.29, 0.717) is 0 Å². The summed E-state index contributed by atoms with van der Waals surface area (Å²) in [6, 6.07) is 13.5. The van der Waals surface area contributed by atoms with Crippen molar-refractivity contribution in [1.29, 1.82) is 5.26 Å². The average Bonchev–Trinajstić information content (AvgIpc) is 2.90. The zero-order valence-corrected chi connectivity index (χ0v) is 12.8. The molecule has 21 heavy (non-hydrogen) atoms. The monoisotopic (exact) mass is 296 g/mol. The smallest absolute Gasteiger partial charge is 0.262 e. The molecule has 2 aromatic rings. The molecule has 1 aromatic heterocycles. The molecule has 1 N–H and O–H groups in total. The number of rotatable bonds is 4. The van der Waals surface area contributed by atoms with Gasteiger partial charge in [-0.15, -0.1) is 11.3 Å². The van der Waals surface area contributed by atoms with Crippen molar-refractivity contribution < 1.29 is 4.79 Å². The molecule has 0 saturated heterocycles. The second-order valence-electron chi connectivity index (χ2n) is 4.74. The van der Waals surface area contributed by atoms with Crippen LogP contribution in [0.4, 0.5) is 0 Å². The summed E-state index contributed by atoms with van der Waals surface area (Å²) in [5, 5.41) is 14.0. The Balaban J connectivity index is 2.13. The maximum atomic E-state index is 12.2. The molecule has 0 aliphatic carbocycles. The molecule has 0 saturated carbocycles. The number of thiophene rings is 1. The van der Waals surface area contributed by atoms with Gasteiger partial charge in [-0.2, -0.15) is 5.26 Å². The standard InChI is InChI=1S/C17H16N2OS/c1-12-8-9-21-16(12)10-15(11-18)17(20)19-13(2)14-6-4-3-5-7-14/h3-10,13H,1-2H3,(H,19,20)/b15-10+/t13-/m0/s1. The lowest BCUT2D eigenvalue weighted by Crippen LogP contribution is -2.27. The third-order valence-electron chi connectivity index (χ3n) is 3.19. The molecule has 0 spiro atoms. The summed E-state index contributed by atoms with van der Waals surface area (Å²) in [4.78, 5) is 13.1. The number of carbonyl (C=O) groups excluding carboxylic acids is 1. The maximum absolute atomic E-state index is 12.2. The Kier molecular flexibility index (Phi) is 4.91. The number of aryl methyl sites for hydroxylation is 1. The van der Waals surface area contributed by atoms with Gasteiger partial charge in [-0.3, -0.25) is 4.79 Å². The first-order valence-corrected chi connectivity index (χ1v) is 7.51. The van der Waals surface area contributed by atoms with Crippen molar-refractivity contribution in [2.45, 2.75) is 19.9 Å². The van der Waals surface area contributed by atoms with Crippen LogP contribution in [-0.4, -0.2) is 5.91 Å². The Morgan fingerprint density at radius 2 is 2.05 bits per heavy atom. The predicted octanol–water partition coefficient (Wildman–Crippen LogP) is 3.84. The summed E-state index contributed by atoms with van der Waals surface area (Å²) in [5.74, 6) is -0.346. The van der Waals surface area contributed by atoms with E-state index in [9.17, 15) is 10.1 Å². The van der Waals surface area contributed by atoms with Gasteiger partial charge < -0.3 is 5.32 Å². The molecule has 1 amide bonds. The molecule has 0 aliphatic rings. The van der Waals surface area contributed by atoms with Crippen LogP contribution in [0.3, 0.4) is 0 Å². The second kappa shape index (κ2) is 6.87. The minimum Gasteiger partial charge on any atom is -0.345 e. The summed E-state index contributed by atoms with van der Waals surface area (Å²) in [7, 11) is 0. The van der Waals surface area contributed by atoms with E-state index in [2.05, 4.69) is 5.32 Å². The van der Waals surface area contributed by atoms with E-state index in [1.807, 2.05) is 61.7 Å². The summed E-state index contributed by atoms with van der Waals surface area (Å²) in [6.45, 7) is 3.86. The molecule has 3 nitrogen and oxygen atoms in total. The Hall–Kier alpha value is -2.38. The number of hydrogen-bond donors (Lipinski definition) is 1. The number of nitrogens with one attached hydrogen (secondary N) is 1. The van der Waals surface area contributed by atoms with Crippen LogP contribution in [0.5, 0.6) is 0 Å². The van der Waals surface area contributed by atoms with E-state index >= 15 is 0 Å². The van der Waals surface area contributed by atoms with Gasteiger partial charge in [-0.05, 0) is 42.5 Å². The lowest BCUT2D eigenvalue weighted by molar-refractivity contribution is -0.117. The highest BCUT2D eigenvalue weighted by atomic mass is 32.1. The summed E-state index contributed by atoms with van der Waals surface area (Å²) in [5.41, 5.74) is 2.20. The molecule has 0 radical (unpaired) electrons. The molecule has 4 heteroatoms. The number of carbonyl (C=O) groups is 1. The van der Waals surface area contributed by atoms with E-state index in [-0.39, 0.29) is 17.5 Å². The van der Waals surface area contributed by atoms with E-state index in [4.69, 9.17) is 0 Å². The summed E-state index contributed by atoms with van der Waals surface area (Å²) >= 11 is 1.52. The molecule has 0 aliphatic heterocycles. The van der Waals surface area contributed by atoms with Gasteiger partial charge in [0, 0.05) is 4.88 Å². The third kappa shape index (κ3) is 3.80. The summed E-state index contributed by atoms with van der Waals surface area (Å²) in [6.07, 6.45) is 1.65. The fraction of sp³-hybridized carbons (Fsp3) is 0.176. The average molecular weight is 296 g/mol. The fourth-order valence-corrected chi connectivity index (χ4v) is 2.77. The molecule has 0 bridgehead atoms. The lowest BCUT2D eigenvalue weighted by Gasteiger charge is -2.13. The van der Waals surface area contributed by atoms with Crippen LogP contribution in [0.15, 0.2) is 47.4 Å². The van der Waals surface area contributed by atoms with E-state index in [0.717, 1.165) is 16.0 Å². The van der Waals surface area contributed by atoms with Crippen molar-refractivity contribution in [3.05, 3.63) is 63.4 Å². The van der Waals surface area contributed by atoms with Gasteiger partial charge in [0.2, 0.25) is 0 Å². The number of amides is 1. The van der Waals surface area contributed by atoms with Crippen LogP contribution in [0.1, 0.15) is 29.0 Å². The maximum Gasteiger partial charge on any atom is 0.262 e. The second-order valence-corrected chi connectivity index (χ2v) is 5.69. The topological polar surface area (TPSA) is 52.9 Å². The Labute approximate surface area is 128 Å². The van der Waals surface area contributed by atoms with Gasteiger partial charge in [0.15, 0.2) is 0 Å². The van der Waals surface area contributed by atoms with Gasteiger partial charge in [-0.1, -0.05) is 30.3 Å². The molecule has 2 rings (SSSR count). The van der Waals surface area contributed by atoms with Gasteiger partial charge in [0.1, 0.15) is 11.6 Å². The van der Waals surface area contributed by atoms with Crippen LogP contribution < -0.4 is 5.32 Å². The van der Waals surface area contributed by atoms with Crippen molar-refractivity contribution in [2.75, 3.05) is 0 Å². The highest BCUT2D eigenvalue weighted by Gasteiger charge is 2.14. The van der Waals surface area contributed by atoms with Crippen LogP contribution >= 0.6 is 11.3 Å². The van der Waals surface area contributed by atoms with Crippen molar-refractivity contribution in [3.8, 4) is 6.07 Å². The minimum absolute atomic E-state index is 0.128. The summed E-state index contributed by atoms with van der Waals surface area (Å²) < 4.78 is 0. The fourth-order valence-electron chi connectivity index (χ4n) is 1.91. The number of nitriles is 1. The first-order valence-electron chi connectivity index (χ1n) is 6.63. The molecule has 106 valence electrons. The van der Waals surface area contributed by atoms with E-state index in [1.54, 1.807) is 6.08 Å². The number of nitrogens with zero attached hydrogens (tertiary/aromatic N) is 1. The normalized spacial score (nSPS) is 12.5. The first-order chi connectivity index (χ1) is 10.1. The lowest BCUT2D eigenvalue weighted by atomic mass is 10.1. The predicted molar refractivity (Wildman–Crippen MR) is 85.6 cm³/mol. The highest BCUT2D eigenvalue weighted by Crippen LogP contribution is 2.19. The largest absolute Gasteiger partial charge is 0.345 e. The zero-order chi connectivity index (χ0) is 15.2. The Morgan fingerprint density at radius 3 is 2.62 bits per heavy atom. The Bertz CT molecular complexity index is 695. The first kappa shape index (κ1) is 15.0. The van der Waals surface area contributed by atoms with Gasteiger partial charge in [-0.25, -0.2) is 0 Å². The van der Waals surface area contributed by atoms with E-state index in [1.165, 1.54) is 11.3 Å². The van der Waals surface area contributed by atoms with Crippen molar-refractivity contribution in [2.24, 2.45) is 0 Å². The molecule has 1 aromatic carbocycles. The van der Waals surface area contributed by atoms with Crippen molar-refractivity contribution in [1.82, 2.24) is 5.32 Å². The number of benzene rings is 1. The highest BCUT2D eigenvalue weighted by molar-refractivity contribution is 7.11. The quantitative estimate of drug-likeness (QED) is 0.688. The van der Waals surface area contributed by atoms with E-state index < -0.39 is 0 Å². The van der Waals surface area contributed by atoms with Gasteiger partial charge >= 0.3 is 0 Å². The SMILES string of the molecule is Cc1ccsc1/C=C(\C#N)C(=O)N[C@@H](C)c1ccccc1. The van der Waals surface area contributed by atoms with Crippen molar-refractivity contribution in [3.63, 3.8) is 0 Å². The molecular weight excluding hydrogens is 280 g/mol. The van der Waals surface area contributed by atoms with Gasteiger partial charge in [0.05, 0.1) is 6.04 Å². The van der Waals surface area contributed by atoms with Crippen LogP contribution in [0, 0.1) is 18.3 Å². The zero-order valence-electron chi connectivity index (χ0n) is 12.0. The third-order valence-corrected chi connectivity index (χ3v) is 4.16. The van der Waals surface area contributed by atoms with Crippen LogP contribution in [0.25, 0.3) is 6.08 Å². The van der Waals surface area contributed by atoms with Gasteiger partial charge in [0.25, 0.3) is 5.91 Å². The van der Waals surface area contributed by atoms with Crippen LogP contribution in [-0.2, 0) is 4.79 Å². The molecule has 0 unspecified atom stereocenters. The number of hydrogen-bond acceptors (Lipinski definition) is 3. The van der Waals surface area contributed by atoms with Crippen molar-refractivity contribution >= 4 is 23.3 Å². The van der Waals surface area contributed by atoms with Crippen LogP contribution in [0.2, 0.25) is 0 Å². The minimum atomic E-state index is -0.346. The molecule has 0 fully saturated rings.